The lowest BCUT2D eigenvalue weighted by molar-refractivity contribution is -0.121. The minimum Gasteiger partial charge on any atom is -0.497 e. The van der Waals surface area contributed by atoms with Crippen LogP contribution < -0.4 is 15.0 Å². The van der Waals surface area contributed by atoms with Crippen LogP contribution in [0.1, 0.15) is 6.42 Å². The second-order valence-corrected chi connectivity index (χ2v) is 5.37. The van der Waals surface area contributed by atoms with E-state index in [0.717, 1.165) is 38.5 Å². The van der Waals surface area contributed by atoms with Crippen molar-refractivity contribution in [2.45, 2.75) is 6.42 Å². The van der Waals surface area contributed by atoms with Crippen molar-refractivity contribution in [3.63, 3.8) is 0 Å². The number of hydrogen-bond acceptors (Lipinski definition) is 4. The van der Waals surface area contributed by atoms with Crippen molar-refractivity contribution in [2.24, 2.45) is 0 Å². The fourth-order valence-electron chi connectivity index (χ4n) is 2.56. The number of nitrogens with zero attached hydrogens (tertiary/aromatic N) is 2. The van der Waals surface area contributed by atoms with Crippen LogP contribution in [0.5, 0.6) is 5.75 Å². The molecule has 0 saturated carbocycles. The summed E-state index contributed by atoms with van der Waals surface area (Å²) >= 11 is 0. The lowest BCUT2D eigenvalue weighted by Crippen LogP contribution is -2.47. The van der Waals surface area contributed by atoms with Crippen molar-refractivity contribution in [1.82, 2.24) is 10.2 Å². The number of ether oxygens (including phenoxy) is 1. The molecule has 0 bridgehead atoms. The Morgan fingerprint density at radius 2 is 1.95 bits per heavy atom. The highest BCUT2D eigenvalue weighted by Gasteiger charge is 2.17. The van der Waals surface area contributed by atoms with E-state index in [1.165, 1.54) is 5.69 Å². The molecule has 0 atom stereocenters. The summed E-state index contributed by atoms with van der Waals surface area (Å²) in [5, 5.41) is 2.81. The number of piperazine rings is 1. The minimum absolute atomic E-state index is 0.0949. The molecule has 1 fully saturated rings. The lowest BCUT2D eigenvalue weighted by Gasteiger charge is -2.36. The Balaban J connectivity index is 1.73. The Morgan fingerprint density at radius 1 is 1.27 bits per heavy atom. The van der Waals surface area contributed by atoms with E-state index in [1.54, 1.807) is 13.2 Å². The van der Waals surface area contributed by atoms with Crippen LogP contribution in [0.3, 0.4) is 0 Å². The standard InChI is InChI=1S/C17H25N3O2/c1-3-9-18-17(21)8-10-19-11-13-20(14-12-19)15-4-6-16(22-2)7-5-15/h3-7H,1,8-14H2,2H3,(H,18,21). The first-order valence-electron chi connectivity index (χ1n) is 7.72. The maximum absolute atomic E-state index is 11.6. The quantitative estimate of drug-likeness (QED) is 0.776. The summed E-state index contributed by atoms with van der Waals surface area (Å²) in [6, 6.07) is 8.17. The van der Waals surface area contributed by atoms with Gasteiger partial charge in [0.25, 0.3) is 0 Å². The molecule has 1 aliphatic heterocycles. The molecule has 0 aromatic heterocycles. The molecular formula is C17H25N3O2. The first kappa shape index (κ1) is 16.4. The molecule has 5 heteroatoms. The fourth-order valence-corrected chi connectivity index (χ4v) is 2.56. The third-order valence-electron chi connectivity index (χ3n) is 3.91. The van der Waals surface area contributed by atoms with Gasteiger partial charge in [0, 0.05) is 51.4 Å². The Kier molecular flexibility index (Phi) is 6.27. The number of methoxy groups -OCH3 is 1. The molecular weight excluding hydrogens is 278 g/mol. The summed E-state index contributed by atoms with van der Waals surface area (Å²) in [7, 11) is 1.68. The molecule has 2 rings (SSSR count). The molecule has 22 heavy (non-hydrogen) atoms. The van der Waals surface area contributed by atoms with Crippen LogP contribution >= 0.6 is 0 Å². The summed E-state index contributed by atoms with van der Waals surface area (Å²) in [6.07, 6.45) is 2.25. The maximum atomic E-state index is 11.6. The fraction of sp³-hybridized carbons (Fsp3) is 0.471. The average Bonchev–Trinajstić information content (AvgIpc) is 2.58. The molecule has 0 spiro atoms. The molecule has 1 aromatic rings. The molecule has 1 amide bonds. The first-order valence-corrected chi connectivity index (χ1v) is 7.72. The molecule has 0 aliphatic carbocycles. The van der Waals surface area contributed by atoms with Gasteiger partial charge in [0.1, 0.15) is 5.75 Å². The second kappa shape index (κ2) is 8.44. The van der Waals surface area contributed by atoms with E-state index in [4.69, 9.17) is 4.74 Å². The van der Waals surface area contributed by atoms with E-state index >= 15 is 0 Å². The third-order valence-corrected chi connectivity index (χ3v) is 3.91. The average molecular weight is 303 g/mol. The number of carbonyl (C=O) groups excluding carboxylic acids is 1. The predicted molar refractivity (Wildman–Crippen MR) is 89.5 cm³/mol. The largest absolute Gasteiger partial charge is 0.497 e. The Bertz CT molecular complexity index is 479. The van der Waals surface area contributed by atoms with Crippen LogP contribution in [0.4, 0.5) is 5.69 Å². The molecule has 120 valence electrons. The van der Waals surface area contributed by atoms with E-state index < -0.39 is 0 Å². The van der Waals surface area contributed by atoms with E-state index in [-0.39, 0.29) is 5.91 Å². The summed E-state index contributed by atoms with van der Waals surface area (Å²) in [5.74, 6) is 0.977. The maximum Gasteiger partial charge on any atom is 0.221 e. The van der Waals surface area contributed by atoms with Crippen LogP contribution in [-0.4, -0.2) is 57.2 Å². The van der Waals surface area contributed by atoms with Crippen molar-refractivity contribution in [1.29, 1.82) is 0 Å². The van der Waals surface area contributed by atoms with Crippen LogP contribution in [0.25, 0.3) is 0 Å². The Hall–Kier alpha value is -2.01. The molecule has 1 aromatic carbocycles. The topological polar surface area (TPSA) is 44.8 Å². The predicted octanol–water partition coefficient (Wildman–Crippen LogP) is 1.51. The molecule has 1 heterocycles. The summed E-state index contributed by atoms with van der Waals surface area (Å²) in [4.78, 5) is 16.3. The van der Waals surface area contributed by atoms with E-state index in [2.05, 4.69) is 33.8 Å². The van der Waals surface area contributed by atoms with Crippen molar-refractivity contribution < 1.29 is 9.53 Å². The van der Waals surface area contributed by atoms with Gasteiger partial charge in [-0.25, -0.2) is 0 Å². The summed E-state index contributed by atoms with van der Waals surface area (Å²) < 4.78 is 5.19. The summed E-state index contributed by atoms with van der Waals surface area (Å²) in [6.45, 7) is 8.90. The van der Waals surface area contributed by atoms with Crippen LogP contribution in [0.2, 0.25) is 0 Å². The number of rotatable bonds is 7. The number of nitrogens with one attached hydrogen (secondary N) is 1. The SMILES string of the molecule is C=CCNC(=O)CCN1CCN(c2ccc(OC)cc2)CC1. The number of benzene rings is 1. The normalized spacial score (nSPS) is 15.4. The molecule has 0 radical (unpaired) electrons. The highest BCUT2D eigenvalue weighted by Crippen LogP contribution is 2.20. The lowest BCUT2D eigenvalue weighted by atomic mass is 10.2. The van der Waals surface area contributed by atoms with Crippen LogP contribution in [-0.2, 0) is 4.79 Å². The van der Waals surface area contributed by atoms with Crippen molar-refractivity contribution in [3.05, 3.63) is 36.9 Å². The van der Waals surface area contributed by atoms with Gasteiger partial charge in [-0.15, -0.1) is 6.58 Å². The van der Waals surface area contributed by atoms with Gasteiger partial charge < -0.3 is 15.0 Å². The third kappa shape index (κ3) is 4.77. The van der Waals surface area contributed by atoms with Gasteiger partial charge >= 0.3 is 0 Å². The van der Waals surface area contributed by atoms with Gasteiger partial charge in [-0.1, -0.05) is 6.08 Å². The van der Waals surface area contributed by atoms with Gasteiger partial charge in [0.15, 0.2) is 0 Å². The highest BCUT2D eigenvalue weighted by molar-refractivity contribution is 5.76. The Morgan fingerprint density at radius 3 is 2.55 bits per heavy atom. The van der Waals surface area contributed by atoms with Crippen molar-refractivity contribution in [3.8, 4) is 5.75 Å². The molecule has 1 aliphatic rings. The number of carbonyl (C=O) groups is 1. The van der Waals surface area contributed by atoms with E-state index in [1.807, 2.05) is 12.1 Å². The van der Waals surface area contributed by atoms with Gasteiger partial charge in [0.05, 0.1) is 7.11 Å². The number of anilines is 1. The van der Waals surface area contributed by atoms with E-state index in [0.29, 0.717) is 13.0 Å². The van der Waals surface area contributed by atoms with Crippen molar-refractivity contribution >= 4 is 11.6 Å². The first-order chi connectivity index (χ1) is 10.7. The summed E-state index contributed by atoms with van der Waals surface area (Å²) in [5.41, 5.74) is 1.23. The second-order valence-electron chi connectivity index (χ2n) is 5.37. The van der Waals surface area contributed by atoms with Crippen LogP contribution in [0.15, 0.2) is 36.9 Å². The number of amides is 1. The van der Waals surface area contributed by atoms with Gasteiger partial charge in [-0.2, -0.15) is 0 Å². The molecule has 5 nitrogen and oxygen atoms in total. The van der Waals surface area contributed by atoms with Gasteiger partial charge in [-0.05, 0) is 24.3 Å². The van der Waals surface area contributed by atoms with Gasteiger partial charge in [-0.3, -0.25) is 9.69 Å². The zero-order valence-electron chi connectivity index (χ0n) is 13.3. The monoisotopic (exact) mass is 303 g/mol. The zero-order chi connectivity index (χ0) is 15.8. The van der Waals surface area contributed by atoms with Crippen molar-refractivity contribution in [2.75, 3.05) is 51.3 Å². The molecule has 1 N–H and O–H groups in total. The van der Waals surface area contributed by atoms with Crippen LogP contribution in [0, 0.1) is 0 Å². The number of hydrogen-bond donors (Lipinski definition) is 1. The van der Waals surface area contributed by atoms with E-state index in [9.17, 15) is 4.79 Å². The van der Waals surface area contributed by atoms with Gasteiger partial charge in [0.2, 0.25) is 5.91 Å². The zero-order valence-corrected chi connectivity index (χ0v) is 13.3. The Labute approximate surface area is 132 Å². The molecule has 1 saturated heterocycles. The smallest absolute Gasteiger partial charge is 0.221 e. The minimum atomic E-state index is 0.0949. The highest BCUT2D eigenvalue weighted by atomic mass is 16.5. The molecule has 0 unspecified atom stereocenters.